The van der Waals surface area contributed by atoms with Crippen molar-refractivity contribution in [3.63, 3.8) is 0 Å². The summed E-state index contributed by atoms with van der Waals surface area (Å²) in [6.07, 6.45) is 3.80. The summed E-state index contributed by atoms with van der Waals surface area (Å²) in [5.41, 5.74) is 1.59. The maximum Gasteiger partial charge on any atom is 0.195 e. The molecule has 1 unspecified atom stereocenters. The van der Waals surface area contributed by atoms with Crippen LogP contribution in [0.4, 0.5) is 17.6 Å². The summed E-state index contributed by atoms with van der Waals surface area (Å²) in [7, 11) is 1.60. The number of piperidine rings is 1. The molecule has 1 aliphatic heterocycles. The van der Waals surface area contributed by atoms with Gasteiger partial charge in [0.05, 0.1) is 23.6 Å². The second-order valence-corrected chi connectivity index (χ2v) is 10.8. The quantitative estimate of drug-likeness (QED) is 0.104. The first-order valence-electron chi connectivity index (χ1n) is 12.7. The van der Waals surface area contributed by atoms with E-state index >= 15 is 0 Å². The van der Waals surface area contributed by atoms with Gasteiger partial charge in [-0.2, -0.15) is 0 Å². The molecule has 0 amide bonds. The van der Waals surface area contributed by atoms with Gasteiger partial charge in [-0.25, -0.2) is 17.6 Å². The fraction of sp³-hybridized carbons (Fsp3) is 0.464. The Morgan fingerprint density at radius 2 is 1.92 bits per heavy atom. The van der Waals surface area contributed by atoms with Gasteiger partial charge < -0.3 is 19.8 Å². The Bertz CT molecular complexity index is 1250. The highest BCUT2D eigenvalue weighted by Gasteiger charge is 2.29. The number of likely N-dealkylation sites (tertiary alicyclic amines) is 1. The van der Waals surface area contributed by atoms with E-state index in [1.165, 1.54) is 0 Å². The molecule has 1 aliphatic rings. The monoisotopic (exact) mass is 552 g/mol. The number of rotatable bonds is 11. The topological polar surface area (TPSA) is 65.8 Å². The van der Waals surface area contributed by atoms with Crippen LogP contribution in [-0.2, 0) is 0 Å². The van der Waals surface area contributed by atoms with Crippen molar-refractivity contribution in [2.45, 2.75) is 36.7 Å². The first kappa shape index (κ1) is 28.6. The number of nitrogens with zero attached hydrogens (tertiary/aromatic N) is 2. The number of methoxy groups -OCH3 is 1. The molecule has 5 nitrogen and oxygen atoms in total. The van der Waals surface area contributed by atoms with E-state index in [4.69, 9.17) is 4.74 Å². The average molecular weight is 553 g/mol. The molecule has 0 saturated carbocycles. The number of aliphatic hydroxyl groups is 2. The first-order chi connectivity index (χ1) is 18.3. The maximum absolute atomic E-state index is 13.9. The highest BCUT2D eigenvalue weighted by Crippen LogP contribution is 2.34. The predicted molar refractivity (Wildman–Crippen MR) is 139 cm³/mol. The SMILES string of the molecule is COc1ccc2nccc(C(O)CC[C@@H]3CCN(CCCSc4c(F)cc(F)c(F)c4F)C[C@@H]3CO)c2c1. The van der Waals surface area contributed by atoms with Crippen LogP contribution in [0.2, 0.25) is 0 Å². The summed E-state index contributed by atoms with van der Waals surface area (Å²) >= 11 is 0.832. The Labute approximate surface area is 223 Å². The van der Waals surface area contributed by atoms with E-state index in [2.05, 4.69) is 9.88 Å². The van der Waals surface area contributed by atoms with Crippen LogP contribution in [0.5, 0.6) is 5.75 Å². The molecule has 206 valence electrons. The van der Waals surface area contributed by atoms with Crippen LogP contribution in [0.1, 0.15) is 37.4 Å². The van der Waals surface area contributed by atoms with Crippen LogP contribution >= 0.6 is 11.8 Å². The number of ether oxygens (including phenoxy) is 1. The Morgan fingerprint density at radius 1 is 1.11 bits per heavy atom. The number of thioether (sulfide) groups is 1. The lowest BCUT2D eigenvalue weighted by molar-refractivity contribution is 0.0581. The molecule has 2 heterocycles. The largest absolute Gasteiger partial charge is 0.497 e. The summed E-state index contributed by atoms with van der Waals surface area (Å²) in [4.78, 5) is 6.07. The number of hydrogen-bond donors (Lipinski definition) is 2. The lowest BCUT2D eigenvalue weighted by Crippen LogP contribution is -2.42. The molecule has 1 aromatic heterocycles. The van der Waals surface area contributed by atoms with Crippen molar-refractivity contribution in [2.75, 3.05) is 39.1 Å². The van der Waals surface area contributed by atoms with E-state index in [-0.39, 0.29) is 18.4 Å². The molecule has 2 aromatic carbocycles. The normalized spacial score (nSPS) is 19.1. The van der Waals surface area contributed by atoms with E-state index in [0.717, 1.165) is 47.6 Å². The van der Waals surface area contributed by atoms with Gasteiger partial charge >= 0.3 is 0 Å². The number of aliphatic hydroxyl groups excluding tert-OH is 2. The maximum atomic E-state index is 13.9. The van der Waals surface area contributed by atoms with Crippen LogP contribution in [0.15, 0.2) is 41.4 Å². The third-order valence-corrected chi connectivity index (χ3v) is 8.46. The Balaban J connectivity index is 1.27. The second kappa shape index (κ2) is 13.1. The molecule has 0 spiro atoms. The zero-order valence-corrected chi connectivity index (χ0v) is 22.0. The number of benzene rings is 2. The summed E-state index contributed by atoms with van der Waals surface area (Å²) in [6.45, 7) is 2.19. The van der Waals surface area contributed by atoms with Crippen molar-refractivity contribution in [3.05, 3.63) is 65.4 Å². The van der Waals surface area contributed by atoms with Gasteiger partial charge in [-0.05, 0) is 86.2 Å². The number of hydrogen-bond acceptors (Lipinski definition) is 6. The van der Waals surface area contributed by atoms with Crippen molar-refractivity contribution in [3.8, 4) is 5.75 Å². The van der Waals surface area contributed by atoms with Crippen molar-refractivity contribution in [2.24, 2.45) is 11.8 Å². The molecular weight excluding hydrogens is 520 g/mol. The van der Waals surface area contributed by atoms with E-state index in [0.29, 0.717) is 43.5 Å². The van der Waals surface area contributed by atoms with Crippen molar-refractivity contribution in [1.29, 1.82) is 0 Å². The fourth-order valence-electron chi connectivity index (χ4n) is 5.18. The molecule has 3 atom stereocenters. The van der Waals surface area contributed by atoms with Crippen molar-refractivity contribution in [1.82, 2.24) is 9.88 Å². The molecule has 0 radical (unpaired) electrons. The van der Waals surface area contributed by atoms with Crippen LogP contribution in [0, 0.1) is 35.1 Å². The van der Waals surface area contributed by atoms with Gasteiger partial charge in [-0.1, -0.05) is 0 Å². The Morgan fingerprint density at radius 3 is 2.68 bits per heavy atom. The predicted octanol–water partition coefficient (Wildman–Crippen LogP) is 5.73. The van der Waals surface area contributed by atoms with Gasteiger partial charge in [-0.15, -0.1) is 11.8 Å². The van der Waals surface area contributed by atoms with Crippen molar-refractivity contribution >= 4 is 22.7 Å². The summed E-state index contributed by atoms with van der Waals surface area (Å²) in [6, 6.07) is 7.77. The molecule has 2 N–H and O–H groups in total. The highest BCUT2D eigenvalue weighted by molar-refractivity contribution is 7.99. The molecule has 0 aliphatic carbocycles. The van der Waals surface area contributed by atoms with Crippen LogP contribution in [0.3, 0.4) is 0 Å². The molecule has 4 rings (SSSR count). The zero-order valence-electron chi connectivity index (χ0n) is 21.2. The fourth-order valence-corrected chi connectivity index (χ4v) is 6.07. The smallest absolute Gasteiger partial charge is 0.195 e. The zero-order chi connectivity index (χ0) is 27.2. The van der Waals surface area contributed by atoms with E-state index in [9.17, 15) is 27.8 Å². The summed E-state index contributed by atoms with van der Waals surface area (Å²) in [5.74, 6) is -4.44. The lowest BCUT2D eigenvalue weighted by atomic mass is 9.81. The summed E-state index contributed by atoms with van der Waals surface area (Å²) < 4.78 is 59.5. The van der Waals surface area contributed by atoms with Gasteiger partial charge in [0.25, 0.3) is 0 Å². The minimum absolute atomic E-state index is 0.0344. The number of fused-ring (bicyclic) bond motifs is 1. The van der Waals surface area contributed by atoms with Gasteiger partial charge in [-0.3, -0.25) is 4.98 Å². The van der Waals surface area contributed by atoms with Gasteiger partial charge in [0.1, 0.15) is 11.6 Å². The summed E-state index contributed by atoms with van der Waals surface area (Å²) in [5, 5.41) is 21.9. The lowest BCUT2D eigenvalue weighted by Gasteiger charge is -2.38. The highest BCUT2D eigenvalue weighted by atomic mass is 32.2. The Kier molecular flexibility index (Phi) is 9.86. The Hall–Kier alpha value is -2.40. The first-order valence-corrected chi connectivity index (χ1v) is 13.7. The number of aromatic nitrogens is 1. The molecule has 0 bridgehead atoms. The standard InChI is InChI=1S/C28H32F4N2O3S/c1-37-19-4-5-24-21(13-19)20(7-9-33-24)25(36)6-3-17-8-11-34(15-18(17)16-35)10-2-12-38-28-23(30)14-22(29)26(31)27(28)32/h4-5,7,9,13-14,17-18,25,35-36H,2-3,6,8,10-12,15-16H2,1H3/t17-,18-,25?/m1/s1. The molecular formula is C28H32F4N2O3S. The van der Waals surface area contributed by atoms with Crippen LogP contribution in [-0.4, -0.2) is 59.2 Å². The van der Waals surface area contributed by atoms with E-state index < -0.39 is 34.3 Å². The average Bonchev–Trinajstić information content (AvgIpc) is 2.93. The molecule has 38 heavy (non-hydrogen) atoms. The minimum atomic E-state index is -1.66. The van der Waals surface area contributed by atoms with Crippen LogP contribution < -0.4 is 4.74 Å². The van der Waals surface area contributed by atoms with Gasteiger partial charge in [0.15, 0.2) is 17.5 Å². The van der Waals surface area contributed by atoms with Gasteiger partial charge in [0.2, 0.25) is 0 Å². The third-order valence-electron chi connectivity index (χ3n) is 7.30. The molecule has 10 heteroatoms. The molecule has 1 saturated heterocycles. The second-order valence-electron chi connectivity index (χ2n) is 9.67. The van der Waals surface area contributed by atoms with Gasteiger partial charge in [0, 0.05) is 30.8 Å². The number of halogens is 4. The van der Waals surface area contributed by atoms with Crippen molar-refractivity contribution < 1.29 is 32.5 Å². The van der Waals surface area contributed by atoms with E-state index in [1.54, 1.807) is 13.3 Å². The molecule has 3 aromatic rings. The van der Waals surface area contributed by atoms with E-state index in [1.807, 2.05) is 24.3 Å². The number of pyridine rings is 1. The van der Waals surface area contributed by atoms with Crippen LogP contribution in [0.25, 0.3) is 10.9 Å². The third kappa shape index (κ3) is 6.59. The minimum Gasteiger partial charge on any atom is -0.497 e. The molecule has 1 fully saturated rings.